The molecular formula is C23H34O5. The van der Waals surface area contributed by atoms with Crippen molar-refractivity contribution < 1.29 is 24.2 Å². The van der Waals surface area contributed by atoms with Gasteiger partial charge in [-0.05, 0) is 56.9 Å². The molecule has 28 heavy (non-hydrogen) atoms. The summed E-state index contributed by atoms with van der Waals surface area (Å²) in [6.45, 7) is 7.03. The first-order valence-electron chi connectivity index (χ1n) is 10.2. The van der Waals surface area contributed by atoms with E-state index in [0.717, 1.165) is 62.3 Å². The molecule has 0 aromatic heterocycles. The Kier molecular flexibility index (Phi) is 11.0. The normalized spacial score (nSPS) is 11.5. The van der Waals surface area contributed by atoms with Crippen LogP contribution in [0.3, 0.4) is 0 Å². The zero-order valence-electron chi connectivity index (χ0n) is 17.4. The van der Waals surface area contributed by atoms with Crippen LogP contribution in [0.1, 0.15) is 71.3 Å². The SMILES string of the molecule is CCC(C)(C)C(=O)OCCCCCCCCOc1ccc(/C=C/C(=O)O)cc1. The Morgan fingerprint density at radius 1 is 0.964 bits per heavy atom. The highest BCUT2D eigenvalue weighted by molar-refractivity contribution is 5.85. The molecule has 0 radical (unpaired) electrons. The van der Waals surface area contributed by atoms with E-state index in [1.54, 1.807) is 6.08 Å². The van der Waals surface area contributed by atoms with Crippen molar-refractivity contribution in [2.45, 2.75) is 65.7 Å². The lowest BCUT2D eigenvalue weighted by Crippen LogP contribution is -2.26. The summed E-state index contributed by atoms with van der Waals surface area (Å²) < 4.78 is 11.0. The number of rotatable bonds is 14. The number of carbonyl (C=O) groups is 2. The van der Waals surface area contributed by atoms with Gasteiger partial charge in [-0.1, -0.05) is 44.7 Å². The van der Waals surface area contributed by atoms with Crippen LogP contribution in [0.4, 0.5) is 0 Å². The lowest BCUT2D eigenvalue weighted by atomic mass is 9.91. The van der Waals surface area contributed by atoms with Gasteiger partial charge < -0.3 is 14.6 Å². The number of aliphatic carboxylic acids is 1. The van der Waals surface area contributed by atoms with Crippen LogP contribution in [0.15, 0.2) is 30.3 Å². The number of carbonyl (C=O) groups excluding carboxylic acids is 1. The molecular weight excluding hydrogens is 356 g/mol. The molecule has 1 N–H and O–H groups in total. The largest absolute Gasteiger partial charge is 0.494 e. The highest BCUT2D eigenvalue weighted by Gasteiger charge is 2.26. The van der Waals surface area contributed by atoms with Gasteiger partial charge in [-0.3, -0.25) is 4.79 Å². The average molecular weight is 391 g/mol. The second-order valence-corrected chi connectivity index (χ2v) is 7.58. The first kappa shape index (κ1) is 23.7. The molecule has 0 heterocycles. The average Bonchev–Trinajstić information content (AvgIpc) is 2.68. The number of unbranched alkanes of at least 4 members (excludes halogenated alkanes) is 5. The Morgan fingerprint density at radius 3 is 2.11 bits per heavy atom. The number of hydrogen-bond acceptors (Lipinski definition) is 4. The minimum atomic E-state index is -0.957. The molecule has 0 atom stereocenters. The molecule has 0 bridgehead atoms. The zero-order chi connectivity index (χ0) is 20.8. The lowest BCUT2D eigenvalue weighted by Gasteiger charge is -2.20. The highest BCUT2D eigenvalue weighted by Crippen LogP contribution is 2.21. The second kappa shape index (κ2) is 13.0. The minimum Gasteiger partial charge on any atom is -0.494 e. The van der Waals surface area contributed by atoms with Crippen molar-refractivity contribution >= 4 is 18.0 Å². The van der Waals surface area contributed by atoms with Gasteiger partial charge in [0.15, 0.2) is 0 Å². The van der Waals surface area contributed by atoms with E-state index in [1.807, 2.05) is 45.0 Å². The molecule has 156 valence electrons. The molecule has 1 aromatic carbocycles. The van der Waals surface area contributed by atoms with Crippen LogP contribution in [0.2, 0.25) is 0 Å². The van der Waals surface area contributed by atoms with Gasteiger partial charge in [0.1, 0.15) is 5.75 Å². The van der Waals surface area contributed by atoms with E-state index in [2.05, 4.69) is 0 Å². The summed E-state index contributed by atoms with van der Waals surface area (Å²) in [5.74, 6) is -0.260. The fraction of sp³-hybridized carbons (Fsp3) is 0.565. The summed E-state index contributed by atoms with van der Waals surface area (Å²) >= 11 is 0. The first-order chi connectivity index (χ1) is 13.3. The number of hydrogen-bond donors (Lipinski definition) is 1. The Balaban J connectivity index is 2.02. The summed E-state index contributed by atoms with van der Waals surface area (Å²) in [5.41, 5.74) is 0.453. The molecule has 0 saturated carbocycles. The summed E-state index contributed by atoms with van der Waals surface area (Å²) in [4.78, 5) is 22.3. The third kappa shape index (κ3) is 10.1. The lowest BCUT2D eigenvalue weighted by molar-refractivity contribution is -0.154. The Hall–Kier alpha value is -2.30. The standard InChI is InChI=1S/C23H34O5/c1-4-23(2,3)22(26)28-18-10-8-6-5-7-9-17-27-20-14-11-19(12-15-20)13-16-21(24)25/h11-16H,4-10,17-18H2,1-3H3,(H,24,25)/b16-13+. The molecule has 5 nitrogen and oxygen atoms in total. The summed E-state index contributed by atoms with van der Waals surface area (Å²) in [6.07, 6.45) is 9.86. The second-order valence-electron chi connectivity index (χ2n) is 7.58. The summed E-state index contributed by atoms with van der Waals surface area (Å²) in [7, 11) is 0. The van der Waals surface area contributed by atoms with Crippen molar-refractivity contribution in [1.82, 2.24) is 0 Å². The van der Waals surface area contributed by atoms with Gasteiger partial charge in [0.25, 0.3) is 0 Å². The van der Waals surface area contributed by atoms with E-state index >= 15 is 0 Å². The Morgan fingerprint density at radius 2 is 1.54 bits per heavy atom. The molecule has 0 saturated heterocycles. The molecule has 0 fully saturated rings. The van der Waals surface area contributed by atoms with Crippen LogP contribution in [0.25, 0.3) is 6.08 Å². The fourth-order valence-corrected chi connectivity index (χ4v) is 2.45. The topological polar surface area (TPSA) is 72.8 Å². The number of carboxylic acids is 1. The number of carboxylic acid groups (broad SMARTS) is 1. The van der Waals surface area contributed by atoms with Crippen LogP contribution in [0, 0.1) is 5.41 Å². The maximum Gasteiger partial charge on any atom is 0.328 e. The van der Waals surface area contributed by atoms with E-state index in [4.69, 9.17) is 14.6 Å². The van der Waals surface area contributed by atoms with Crippen molar-refractivity contribution in [3.63, 3.8) is 0 Å². The van der Waals surface area contributed by atoms with E-state index < -0.39 is 5.97 Å². The van der Waals surface area contributed by atoms with Crippen molar-refractivity contribution in [3.05, 3.63) is 35.9 Å². The van der Waals surface area contributed by atoms with Gasteiger partial charge in [-0.15, -0.1) is 0 Å². The predicted molar refractivity (Wildman–Crippen MR) is 111 cm³/mol. The number of ether oxygens (including phenoxy) is 2. The van der Waals surface area contributed by atoms with E-state index in [1.165, 1.54) is 0 Å². The summed E-state index contributed by atoms with van der Waals surface area (Å²) in [6, 6.07) is 7.37. The zero-order valence-corrected chi connectivity index (χ0v) is 17.4. The van der Waals surface area contributed by atoms with E-state index in [-0.39, 0.29) is 11.4 Å². The van der Waals surface area contributed by atoms with Crippen molar-refractivity contribution in [3.8, 4) is 5.75 Å². The van der Waals surface area contributed by atoms with Gasteiger partial charge in [0.2, 0.25) is 0 Å². The van der Waals surface area contributed by atoms with Crippen molar-refractivity contribution in [2.75, 3.05) is 13.2 Å². The molecule has 0 spiro atoms. The molecule has 1 aromatic rings. The van der Waals surface area contributed by atoms with E-state index in [0.29, 0.717) is 13.2 Å². The highest BCUT2D eigenvalue weighted by atomic mass is 16.5. The molecule has 0 unspecified atom stereocenters. The van der Waals surface area contributed by atoms with Gasteiger partial charge in [-0.2, -0.15) is 0 Å². The quantitative estimate of drug-likeness (QED) is 0.258. The van der Waals surface area contributed by atoms with Crippen LogP contribution in [0.5, 0.6) is 5.75 Å². The minimum absolute atomic E-state index is 0.0990. The summed E-state index contributed by atoms with van der Waals surface area (Å²) in [5, 5.41) is 8.61. The van der Waals surface area contributed by atoms with Gasteiger partial charge in [0, 0.05) is 6.08 Å². The van der Waals surface area contributed by atoms with Crippen LogP contribution in [-0.4, -0.2) is 30.3 Å². The van der Waals surface area contributed by atoms with Crippen LogP contribution < -0.4 is 4.74 Å². The van der Waals surface area contributed by atoms with Crippen LogP contribution in [-0.2, 0) is 14.3 Å². The van der Waals surface area contributed by atoms with Gasteiger partial charge >= 0.3 is 11.9 Å². The third-order valence-electron chi connectivity index (χ3n) is 4.78. The number of esters is 1. The molecule has 5 heteroatoms. The fourth-order valence-electron chi connectivity index (χ4n) is 2.45. The number of benzene rings is 1. The molecule has 0 aliphatic heterocycles. The monoisotopic (exact) mass is 390 g/mol. The third-order valence-corrected chi connectivity index (χ3v) is 4.78. The Bertz CT molecular complexity index is 616. The predicted octanol–water partition coefficient (Wildman–Crippen LogP) is 5.48. The Labute approximate surface area is 168 Å². The van der Waals surface area contributed by atoms with Gasteiger partial charge in [0.05, 0.1) is 18.6 Å². The first-order valence-corrected chi connectivity index (χ1v) is 10.2. The molecule has 0 aliphatic rings. The maximum atomic E-state index is 11.8. The molecule has 0 aliphatic carbocycles. The van der Waals surface area contributed by atoms with E-state index in [9.17, 15) is 9.59 Å². The molecule has 0 amide bonds. The van der Waals surface area contributed by atoms with Crippen molar-refractivity contribution in [2.24, 2.45) is 5.41 Å². The smallest absolute Gasteiger partial charge is 0.328 e. The molecule has 1 rings (SSSR count). The maximum absolute atomic E-state index is 11.8. The van der Waals surface area contributed by atoms with Crippen LogP contribution >= 0.6 is 0 Å². The van der Waals surface area contributed by atoms with Gasteiger partial charge in [-0.25, -0.2) is 4.79 Å². The van der Waals surface area contributed by atoms with Crippen molar-refractivity contribution in [1.29, 1.82) is 0 Å².